The van der Waals surface area contributed by atoms with E-state index in [1.807, 2.05) is 13.8 Å². The van der Waals surface area contributed by atoms with Gasteiger partial charge in [0.05, 0.1) is 11.1 Å². The molecule has 300 valence electrons. The highest BCUT2D eigenvalue weighted by Gasteiger charge is 2.47. The molecule has 0 bridgehead atoms. The van der Waals surface area contributed by atoms with Crippen molar-refractivity contribution in [3.63, 3.8) is 0 Å². The number of halogens is 6. The summed E-state index contributed by atoms with van der Waals surface area (Å²) in [4.78, 5) is 59.2. The number of hydrogen-bond donors (Lipinski definition) is 3. The lowest BCUT2D eigenvalue weighted by atomic mass is 9.72. The van der Waals surface area contributed by atoms with E-state index in [-0.39, 0.29) is 84.7 Å². The fourth-order valence-corrected chi connectivity index (χ4v) is 7.67. The minimum atomic E-state index is -4.67. The predicted octanol–water partition coefficient (Wildman–Crippen LogP) is 8.75. The Balaban J connectivity index is 1.49. The average molecular weight is 784 g/mol. The number of para-hydroxylation sites is 1. The lowest BCUT2D eigenvalue weighted by Gasteiger charge is -2.39. The van der Waals surface area contributed by atoms with Gasteiger partial charge in [0.15, 0.2) is 5.78 Å². The zero-order valence-electron chi connectivity index (χ0n) is 31.8. The van der Waals surface area contributed by atoms with Crippen molar-refractivity contribution in [2.45, 2.75) is 97.3 Å². The molecule has 0 radical (unpaired) electrons. The van der Waals surface area contributed by atoms with Crippen LogP contribution >= 0.6 is 0 Å². The van der Waals surface area contributed by atoms with Gasteiger partial charge in [-0.3, -0.25) is 19.2 Å². The molecule has 13 heteroatoms. The van der Waals surface area contributed by atoms with Gasteiger partial charge in [-0.15, -0.1) is 0 Å². The molecule has 1 aromatic heterocycles. The summed E-state index contributed by atoms with van der Waals surface area (Å²) < 4.78 is 84.6. The Kier molecular flexibility index (Phi) is 13.2. The molecule has 5 atom stereocenters. The SMILES string of the molecule is CCC(C)[C@H](CC(=O)[C@@]1(NC(=O)[C@@H](CC(=O)Cc2ccccc2F)C(C)CC)CCc2[nH]c3c(C(F)(F)F)cccc3c2C1)C(=O)NCc1ccc(F)cc1F. The lowest BCUT2D eigenvalue weighted by molar-refractivity contribution is -0.139. The number of aromatic nitrogens is 1. The molecule has 0 saturated heterocycles. The summed E-state index contributed by atoms with van der Waals surface area (Å²) in [6.45, 7) is 6.97. The number of alkyl halides is 3. The highest BCUT2D eigenvalue weighted by molar-refractivity contribution is 5.99. The number of ketones is 2. The maximum atomic E-state index is 14.8. The van der Waals surface area contributed by atoms with Crippen molar-refractivity contribution in [3.05, 3.63) is 106 Å². The molecule has 3 N–H and O–H groups in total. The van der Waals surface area contributed by atoms with E-state index in [0.29, 0.717) is 30.2 Å². The number of amides is 2. The Bertz CT molecular complexity index is 2100. The minimum absolute atomic E-state index is 0.00915. The first kappa shape index (κ1) is 42.2. The molecule has 1 aliphatic carbocycles. The number of hydrogen-bond acceptors (Lipinski definition) is 4. The normalized spacial score (nSPS) is 17.8. The molecule has 0 fully saturated rings. The number of Topliss-reactive ketones (excluding diaryl/α,β-unsaturated/α-hetero) is 2. The molecule has 1 heterocycles. The Morgan fingerprint density at radius 2 is 1.50 bits per heavy atom. The number of fused-ring (bicyclic) bond motifs is 3. The smallest absolute Gasteiger partial charge is 0.358 e. The van der Waals surface area contributed by atoms with Crippen molar-refractivity contribution in [1.29, 1.82) is 0 Å². The standard InChI is InChI=1S/C43H47F6N3O4/c1-5-24(3)31(20-29(53)18-26-10-7-8-13-35(26)45)41(56)52-42(17-16-37-33(22-42)30-11-9-12-34(39(30)51-37)43(47,48)49)38(54)21-32(25(4)6-2)40(55)50-23-27-14-15-28(44)19-36(27)46/h7-15,19,24-25,31-32,51H,5-6,16-18,20-23H2,1-4H3,(H,50,55)(H,52,56)/t24?,25?,31-,32-,42+/m0/s1. The van der Waals surface area contributed by atoms with Gasteiger partial charge in [0.1, 0.15) is 28.8 Å². The predicted molar refractivity (Wildman–Crippen MR) is 200 cm³/mol. The summed E-state index contributed by atoms with van der Waals surface area (Å²) in [5.74, 6) is -6.84. The van der Waals surface area contributed by atoms with Crippen molar-refractivity contribution in [3.8, 4) is 0 Å². The van der Waals surface area contributed by atoms with Crippen LogP contribution < -0.4 is 10.6 Å². The van der Waals surface area contributed by atoms with E-state index in [1.54, 1.807) is 19.9 Å². The number of aryl methyl sites for hydroxylation is 1. The number of H-pyrrole nitrogens is 1. The van der Waals surface area contributed by atoms with Crippen molar-refractivity contribution in [2.24, 2.45) is 23.7 Å². The first-order valence-corrected chi connectivity index (χ1v) is 19.0. The molecule has 2 unspecified atom stereocenters. The Hall–Kier alpha value is -4.94. The number of benzene rings is 3. The first-order valence-electron chi connectivity index (χ1n) is 19.0. The summed E-state index contributed by atoms with van der Waals surface area (Å²) in [6.07, 6.45) is -4.65. The van der Waals surface area contributed by atoms with E-state index in [1.165, 1.54) is 36.4 Å². The third-order valence-corrected chi connectivity index (χ3v) is 11.5. The van der Waals surface area contributed by atoms with Crippen LogP contribution in [0.15, 0.2) is 60.7 Å². The highest BCUT2D eigenvalue weighted by atomic mass is 19.4. The molecule has 4 aromatic rings. The van der Waals surface area contributed by atoms with Gasteiger partial charge in [0.2, 0.25) is 11.8 Å². The molecule has 5 rings (SSSR count). The molecule has 3 aromatic carbocycles. The molecule has 56 heavy (non-hydrogen) atoms. The van der Waals surface area contributed by atoms with Gasteiger partial charge in [0.25, 0.3) is 0 Å². The fourth-order valence-electron chi connectivity index (χ4n) is 7.67. The van der Waals surface area contributed by atoms with Crippen LogP contribution in [0.25, 0.3) is 10.9 Å². The van der Waals surface area contributed by atoms with E-state index >= 15 is 0 Å². The van der Waals surface area contributed by atoms with Gasteiger partial charge in [-0.05, 0) is 54.0 Å². The Morgan fingerprint density at radius 1 is 0.821 bits per heavy atom. The summed E-state index contributed by atoms with van der Waals surface area (Å²) in [5, 5.41) is 5.88. The maximum Gasteiger partial charge on any atom is 0.418 e. The van der Waals surface area contributed by atoms with Gasteiger partial charge < -0.3 is 15.6 Å². The molecule has 2 amide bonds. The van der Waals surface area contributed by atoms with Crippen LogP contribution in [-0.2, 0) is 51.2 Å². The van der Waals surface area contributed by atoms with Gasteiger partial charge in [-0.2, -0.15) is 13.2 Å². The molecule has 0 spiro atoms. The number of nitrogens with one attached hydrogen (secondary N) is 3. The summed E-state index contributed by atoms with van der Waals surface area (Å²) in [6, 6.07) is 12.6. The lowest BCUT2D eigenvalue weighted by Crippen LogP contribution is -2.60. The number of carbonyl (C=O) groups excluding carboxylic acids is 4. The zero-order valence-corrected chi connectivity index (χ0v) is 31.8. The molecule has 1 aliphatic rings. The summed E-state index contributed by atoms with van der Waals surface area (Å²) in [7, 11) is 0. The molecule has 7 nitrogen and oxygen atoms in total. The van der Waals surface area contributed by atoms with Crippen molar-refractivity contribution >= 4 is 34.3 Å². The monoisotopic (exact) mass is 783 g/mol. The van der Waals surface area contributed by atoms with Gasteiger partial charge in [0, 0.05) is 66.8 Å². The van der Waals surface area contributed by atoms with E-state index < -0.39 is 64.2 Å². The van der Waals surface area contributed by atoms with Crippen LogP contribution in [0, 0.1) is 41.1 Å². The second-order valence-electron chi connectivity index (χ2n) is 15.1. The average Bonchev–Trinajstić information content (AvgIpc) is 3.53. The van der Waals surface area contributed by atoms with Crippen LogP contribution in [0.1, 0.15) is 87.7 Å². The molecular formula is C43H47F6N3O4. The molecule has 0 saturated carbocycles. The van der Waals surface area contributed by atoms with E-state index in [9.17, 15) is 45.5 Å². The maximum absolute atomic E-state index is 14.8. The Morgan fingerprint density at radius 3 is 2.14 bits per heavy atom. The third kappa shape index (κ3) is 9.35. The second-order valence-corrected chi connectivity index (χ2v) is 15.1. The fraction of sp³-hybridized carbons (Fsp3) is 0.442. The summed E-state index contributed by atoms with van der Waals surface area (Å²) >= 11 is 0. The van der Waals surface area contributed by atoms with Crippen LogP contribution in [0.4, 0.5) is 26.3 Å². The Labute approximate surface area is 322 Å². The first-order chi connectivity index (χ1) is 26.5. The molecule has 0 aliphatic heterocycles. The van der Waals surface area contributed by atoms with E-state index in [4.69, 9.17) is 0 Å². The zero-order chi connectivity index (χ0) is 40.9. The largest absolute Gasteiger partial charge is 0.418 e. The number of aromatic amines is 1. The van der Waals surface area contributed by atoms with Gasteiger partial charge >= 0.3 is 6.18 Å². The highest BCUT2D eigenvalue weighted by Crippen LogP contribution is 2.41. The van der Waals surface area contributed by atoms with Crippen LogP contribution in [0.5, 0.6) is 0 Å². The third-order valence-electron chi connectivity index (χ3n) is 11.5. The van der Waals surface area contributed by atoms with Crippen LogP contribution in [0.2, 0.25) is 0 Å². The number of carbonyl (C=O) groups is 4. The van der Waals surface area contributed by atoms with E-state index in [2.05, 4.69) is 15.6 Å². The topological polar surface area (TPSA) is 108 Å². The quantitative estimate of drug-likeness (QED) is 0.0989. The second kappa shape index (κ2) is 17.5. The van der Waals surface area contributed by atoms with Gasteiger partial charge in [-0.1, -0.05) is 76.9 Å². The van der Waals surface area contributed by atoms with Crippen molar-refractivity contribution < 1.29 is 45.5 Å². The molecular weight excluding hydrogens is 736 g/mol. The van der Waals surface area contributed by atoms with Gasteiger partial charge in [-0.25, -0.2) is 13.2 Å². The summed E-state index contributed by atoms with van der Waals surface area (Å²) in [5.41, 5.74) is -1.55. The van der Waals surface area contributed by atoms with Crippen molar-refractivity contribution in [2.75, 3.05) is 0 Å². The van der Waals surface area contributed by atoms with Crippen LogP contribution in [-0.4, -0.2) is 33.9 Å². The van der Waals surface area contributed by atoms with Crippen LogP contribution in [0.3, 0.4) is 0 Å². The van der Waals surface area contributed by atoms with E-state index in [0.717, 1.165) is 12.1 Å². The number of rotatable bonds is 16. The minimum Gasteiger partial charge on any atom is -0.358 e. The van der Waals surface area contributed by atoms with Crippen molar-refractivity contribution in [1.82, 2.24) is 15.6 Å².